The van der Waals surface area contributed by atoms with Crippen LogP contribution in [0.5, 0.6) is 0 Å². The molecule has 0 saturated carbocycles. The summed E-state index contributed by atoms with van der Waals surface area (Å²) in [5.74, 6) is -8.10. The van der Waals surface area contributed by atoms with Gasteiger partial charge in [-0.3, -0.25) is 0 Å². The predicted molar refractivity (Wildman–Crippen MR) is 45.6 cm³/mol. The van der Waals surface area contributed by atoms with Crippen molar-refractivity contribution in [3.05, 3.63) is 23.3 Å². The van der Waals surface area contributed by atoms with Crippen LogP contribution in [-0.2, 0) is 10.6 Å². The van der Waals surface area contributed by atoms with Crippen molar-refractivity contribution in [2.45, 2.75) is 5.16 Å². The molecular weight excluding hydrogens is 294 g/mol. The van der Waals surface area contributed by atoms with Crippen molar-refractivity contribution >= 4 is 21.6 Å². The average molecular weight is 296 g/mol. The number of aromatic nitrogens is 2. The van der Waals surface area contributed by atoms with E-state index in [4.69, 9.17) is 0 Å². The Bertz CT molecular complexity index is 625. The minimum Gasteiger partial charge on any atom is -0.741 e. The van der Waals surface area contributed by atoms with Crippen LogP contribution in [0.4, 0.5) is 21.4 Å². The van der Waals surface area contributed by atoms with Crippen LogP contribution >= 0.6 is 0 Å². The Balaban J connectivity index is 0.00000162. The van der Waals surface area contributed by atoms with E-state index in [1.54, 1.807) is 0 Å². The third-order valence-corrected chi connectivity index (χ3v) is 2.67. The summed E-state index contributed by atoms with van der Waals surface area (Å²) >= 11 is 0. The molecule has 94 valence electrons. The molecule has 0 spiro atoms. The van der Waals surface area contributed by atoms with E-state index in [1.807, 2.05) is 0 Å². The molecule has 0 radical (unpaired) electrons. The fourth-order valence-electron chi connectivity index (χ4n) is 1.21. The van der Waals surface area contributed by atoms with E-state index >= 15 is 0 Å². The smallest absolute Gasteiger partial charge is 0.741 e. The number of imidazole rings is 1. The normalized spacial score (nSPS) is 12.6. The standard InChI is InChI=1S/C7H3F5N2O2S.Na/c8-1-2(9)4(11)6-5(3(1)10)13-7(14-6)17(12,15)16;/h17H,(H,13,14)(H,15,16);/q;+1/p-1. The van der Waals surface area contributed by atoms with Crippen LogP contribution < -0.4 is 29.6 Å². The molecule has 2 rings (SSSR count). The van der Waals surface area contributed by atoms with Crippen LogP contribution in [0.3, 0.4) is 0 Å². The van der Waals surface area contributed by atoms with Crippen LogP contribution in [0, 0.1) is 23.3 Å². The van der Waals surface area contributed by atoms with Crippen LogP contribution in [0.1, 0.15) is 0 Å². The minimum absolute atomic E-state index is 0. The quantitative estimate of drug-likeness (QED) is 0.168. The zero-order chi connectivity index (χ0) is 13.0. The molecule has 0 fully saturated rings. The second-order valence-electron chi connectivity index (χ2n) is 3.02. The van der Waals surface area contributed by atoms with Crippen LogP contribution in [0.25, 0.3) is 11.0 Å². The first kappa shape index (κ1) is 15.5. The number of rotatable bonds is 1. The van der Waals surface area contributed by atoms with E-state index in [9.17, 15) is 30.2 Å². The summed E-state index contributed by atoms with van der Waals surface area (Å²) < 4.78 is 85.0. The first-order chi connectivity index (χ1) is 7.73. The van der Waals surface area contributed by atoms with Gasteiger partial charge in [-0.25, -0.2) is 26.8 Å². The van der Waals surface area contributed by atoms with Gasteiger partial charge < -0.3 is 9.54 Å². The summed E-state index contributed by atoms with van der Waals surface area (Å²) in [6, 6.07) is 0. The summed E-state index contributed by atoms with van der Waals surface area (Å²) in [4.78, 5) is 4.35. The van der Waals surface area contributed by atoms with Gasteiger partial charge in [0.2, 0.25) is 5.16 Å². The van der Waals surface area contributed by atoms with Crippen LogP contribution in [-0.4, -0.2) is 18.7 Å². The Morgan fingerprint density at radius 2 is 1.56 bits per heavy atom. The van der Waals surface area contributed by atoms with Crippen molar-refractivity contribution in [1.82, 2.24) is 9.97 Å². The summed E-state index contributed by atoms with van der Waals surface area (Å²) in [5.41, 5.74) is -2.20. The molecule has 0 amide bonds. The van der Waals surface area contributed by atoms with E-state index in [1.165, 1.54) is 4.98 Å². The predicted octanol–water partition coefficient (Wildman–Crippen LogP) is -1.49. The number of halogens is 5. The molecule has 0 unspecified atom stereocenters. The molecule has 0 saturated heterocycles. The maximum Gasteiger partial charge on any atom is 1.00 e. The SMILES string of the molecule is O=[SH]([O-])(F)c1nc2c(F)c(F)c(F)c(F)c2[nH]1.[Na+]. The largest absolute Gasteiger partial charge is 1.00 e. The van der Waals surface area contributed by atoms with Gasteiger partial charge in [-0.1, -0.05) is 0 Å². The Morgan fingerprint density at radius 3 is 2.06 bits per heavy atom. The van der Waals surface area contributed by atoms with Gasteiger partial charge in [0.05, 0.1) is 0 Å². The number of aromatic amines is 1. The van der Waals surface area contributed by atoms with Crippen LogP contribution in [0.2, 0.25) is 0 Å². The Kier molecular flexibility index (Phi) is 4.18. The monoisotopic (exact) mass is 296 g/mol. The molecule has 0 bridgehead atoms. The van der Waals surface area contributed by atoms with Gasteiger partial charge in [0.15, 0.2) is 23.3 Å². The van der Waals surface area contributed by atoms with Crippen molar-refractivity contribution in [3.63, 3.8) is 0 Å². The molecule has 1 aromatic heterocycles. The number of hydrogen-bond acceptors (Lipinski definition) is 3. The minimum atomic E-state index is -5.66. The second-order valence-corrected chi connectivity index (χ2v) is 4.40. The molecule has 1 aromatic carbocycles. The fraction of sp³-hybridized carbons (Fsp3) is 0. The van der Waals surface area contributed by atoms with Gasteiger partial charge >= 0.3 is 29.6 Å². The number of thiol groups is 1. The summed E-state index contributed by atoms with van der Waals surface area (Å²) in [5, 5.41) is -1.41. The molecule has 1 N–H and O–H groups in total. The van der Waals surface area contributed by atoms with Gasteiger partial charge in [-0.05, 0) is 0 Å². The van der Waals surface area contributed by atoms with Gasteiger partial charge in [0.1, 0.15) is 11.0 Å². The molecule has 11 heteroatoms. The number of nitrogens with zero attached hydrogens (tertiary/aromatic N) is 1. The average Bonchev–Trinajstić information content (AvgIpc) is 2.67. The molecule has 0 aliphatic rings. The zero-order valence-electron chi connectivity index (χ0n) is 8.60. The third kappa shape index (κ3) is 2.30. The first-order valence-corrected chi connectivity index (χ1v) is 5.48. The topological polar surface area (TPSA) is 68.8 Å². The van der Waals surface area contributed by atoms with E-state index in [-0.39, 0.29) is 29.6 Å². The molecule has 0 atom stereocenters. The number of nitrogens with one attached hydrogen (secondary N) is 1. The van der Waals surface area contributed by atoms with Gasteiger partial charge in [-0.2, -0.15) is 10.6 Å². The maximum absolute atomic E-state index is 13.1. The molecular formula is C7H2F5N2NaO2S. The van der Waals surface area contributed by atoms with Crippen LogP contribution in [0.15, 0.2) is 5.16 Å². The fourth-order valence-corrected chi connectivity index (χ4v) is 1.68. The Labute approximate surface area is 119 Å². The van der Waals surface area contributed by atoms with E-state index in [2.05, 4.69) is 4.98 Å². The third-order valence-electron chi connectivity index (χ3n) is 1.95. The first-order valence-electron chi connectivity index (χ1n) is 3.96. The molecule has 0 aliphatic heterocycles. The number of hydrogen-bond donors (Lipinski definition) is 2. The van der Waals surface area contributed by atoms with Crippen molar-refractivity contribution < 1.29 is 59.8 Å². The second kappa shape index (κ2) is 4.85. The van der Waals surface area contributed by atoms with E-state index < -0.39 is 50.1 Å². The van der Waals surface area contributed by atoms with Crippen molar-refractivity contribution in [2.24, 2.45) is 0 Å². The number of fused-ring (bicyclic) bond motifs is 1. The zero-order valence-corrected chi connectivity index (χ0v) is 11.5. The van der Waals surface area contributed by atoms with E-state index in [0.29, 0.717) is 0 Å². The summed E-state index contributed by atoms with van der Waals surface area (Å²) in [6.45, 7) is 0. The number of benzene rings is 1. The summed E-state index contributed by atoms with van der Waals surface area (Å²) in [6.07, 6.45) is 0. The Hall–Kier alpha value is -0.550. The summed E-state index contributed by atoms with van der Waals surface area (Å²) in [7, 11) is -5.66. The van der Waals surface area contributed by atoms with Crippen molar-refractivity contribution in [3.8, 4) is 0 Å². The number of H-pyrrole nitrogens is 1. The molecule has 1 heterocycles. The molecule has 18 heavy (non-hydrogen) atoms. The van der Waals surface area contributed by atoms with Gasteiger partial charge in [0, 0.05) is 0 Å². The van der Waals surface area contributed by atoms with Crippen molar-refractivity contribution in [2.75, 3.05) is 0 Å². The molecule has 2 aromatic rings. The van der Waals surface area contributed by atoms with Gasteiger partial charge in [0.25, 0.3) is 0 Å². The Morgan fingerprint density at radius 1 is 1.06 bits per heavy atom. The molecule has 0 aliphatic carbocycles. The molecule has 4 nitrogen and oxygen atoms in total. The maximum atomic E-state index is 13.1. The van der Waals surface area contributed by atoms with Gasteiger partial charge in [-0.15, -0.1) is 3.89 Å². The van der Waals surface area contributed by atoms with E-state index in [0.717, 1.165) is 0 Å². The van der Waals surface area contributed by atoms with Crippen molar-refractivity contribution in [1.29, 1.82) is 0 Å².